The predicted octanol–water partition coefficient (Wildman–Crippen LogP) is 3.22. The molecule has 0 saturated carbocycles. The Labute approximate surface area is 134 Å². The van der Waals surface area contributed by atoms with Crippen LogP contribution in [0.25, 0.3) is 0 Å². The highest BCUT2D eigenvalue weighted by atomic mass is 35.5. The molecule has 2 amide bonds. The van der Waals surface area contributed by atoms with E-state index in [1.54, 1.807) is 55.4 Å². The molecule has 0 bridgehead atoms. The van der Waals surface area contributed by atoms with E-state index >= 15 is 0 Å². The number of rotatable bonds is 4. The van der Waals surface area contributed by atoms with Crippen LogP contribution in [0, 0.1) is 0 Å². The van der Waals surface area contributed by atoms with Crippen LogP contribution in [0.5, 0.6) is 0 Å². The summed E-state index contributed by atoms with van der Waals surface area (Å²) in [5.74, 6) is -0.185. The number of carbonyl (C=O) groups excluding carboxylic acids is 2. The molecular weight excluding hydrogens is 300 g/mol. The molecule has 2 aromatic carbocycles. The molecule has 0 aliphatic carbocycles. The molecule has 114 valence electrons. The lowest BCUT2D eigenvalue weighted by atomic mass is 10.1. The Bertz CT molecular complexity index is 681. The van der Waals surface area contributed by atoms with E-state index in [4.69, 9.17) is 11.6 Å². The second kappa shape index (κ2) is 7.09. The fourth-order valence-electron chi connectivity index (χ4n) is 1.87. The van der Waals surface area contributed by atoms with Gasteiger partial charge in [-0.2, -0.15) is 0 Å². The van der Waals surface area contributed by atoms with Crippen LogP contribution in [-0.2, 0) is 11.2 Å². The molecule has 4 nitrogen and oxygen atoms in total. The van der Waals surface area contributed by atoms with Crippen molar-refractivity contribution in [3.8, 4) is 0 Å². The van der Waals surface area contributed by atoms with Gasteiger partial charge in [0.05, 0.1) is 6.42 Å². The summed E-state index contributed by atoms with van der Waals surface area (Å²) in [6, 6.07) is 14.0. The first-order valence-corrected chi connectivity index (χ1v) is 7.19. The molecule has 0 unspecified atom stereocenters. The highest BCUT2D eigenvalue weighted by molar-refractivity contribution is 6.31. The van der Waals surface area contributed by atoms with Crippen LogP contribution in [0.15, 0.2) is 48.5 Å². The molecule has 0 aliphatic rings. The second-order valence-electron chi connectivity index (χ2n) is 5.13. The number of anilines is 1. The molecule has 0 fully saturated rings. The van der Waals surface area contributed by atoms with E-state index in [2.05, 4.69) is 5.32 Å². The van der Waals surface area contributed by atoms with Crippen LogP contribution < -0.4 is 5.32 Å². The zero-order chi connectivity index (χ0) is 16.1. The van der Waals surface area contributed by atoms with Gasteiger partial charge in [-0.1, -0.05) is 29.8 Å². The number of nitrogens with zero attached hydrogens (tertiary/aromatic N) is 1. The standard InChI is InChI=1S/C17H17ClN2O2/c1-20(2)16(21)10-12-6-8-15(9-7-12)19-17(22)13-4-3-5-14(18)11-13/h3-9,11H,10H2,1-2H3,(H,19,22). The Kier molecular flexibility index (Phi) is 5.17. The molecule has 22 heavy (non-hydrogen) atoms. The number of likely N-dealkylation sites (N-methyl/N-ethyl adjacent to an activating group) is 1. The van der Waals surface area contributed by atoms with Crippen molar-refractivity contribution in [1.29, 1.82) is 0 Å². The topological polar surface area (TPSA) is 49.4 Å². The van der Waals surface area contributed by atoms with Crippen molar-refractivity contribution in [1.82, 2.24) is 4.90 Å². The summed E-state index contributed by atoms with van der Waals surface area (Å²) >= 11 is 5.87. The van der Waals surface area contributed by atoms with Crippen LogP contribution in [0.3, 0.4) is 0 Å². The van der Waals surface area contributed by atoms with E-state index < -0.39 is 0 Å². The Morgan fingerprint density at radius 1 is 1.09 bits per heavy atom. The van der Waals surface area contributed by atoms with Crippen molar-refractivity contribution in [2.24, 2.45) is 0 Å². The number of hydrogen-bond acceptors (Lipinski definition) is 2. The summed E-state index contributed by atoms with van der Waals surface area (Å²) < 4.78 is 0. The molecule has 5 heteroatoms. The summed E-state index contributed by atoms with van der Waals surface area (Å²) in [4.78, 5) is 25.3. The lowest BCUT2D eigenvalue weighted by molar-refractivity contribution is -0.127. The van der Waals surface area contributed by atoms with Gasteiger partial charge in [0, 0.05) is 30.4 Å². The molecule has 1 N–H and O–H groups in total. The number of amides is 2. The minimum absolute atomic E-state index is 0.0377. The minimum atomic E-state index is -0.223. The summed E-state index contributed by atoms with van der Waals surface area (Å²) in [6.45, 7) is 0. The Hall–Kier alpha value is -2.33. The predicted molar refractivity (Wildman–Crippen MR) is 88.2 cm³/mol. The van der Waals surface area contributed by atoms with Gasteiger partial charge in [-0.3, -0.25) is 9.59 Å². The van der Waals surface area contributed by atoms with Gasteiger partial charge in [-0.05, 0) is 35.9 Å². The molecule has 0 radical (unpaired) electrons. The van der Waals surface area contributed by atoms with Crippen LogP contribution in [0.4, 0.5) is 5.69 Å². The molecule has 2 aromatic rings. The summed E-state index contributed by atoms with van der Waals surface area (Å²) in [5.41, 5.74) is 2.07. The van der Waals surface area contributed by atoms with Gasteiger partial charge in [0.2, 0.25) is 5.91 Å². The van der Waals surface area contributed by atoms with Crippen LogP contribution in [0.1, 0.15) is 15.9 Å². The highest BCUT2D eigenvalue weighted by Gasteiger charge is 2.08. The minimum Gasteiger partial charge on any atom is -0.349 e. The Morgan fingerprint density at radius 2 is 1.77 bits per heavy atom. The molecule has 0 spiro atoms. The van der Waals surface area contributed by atoms with Gasteiger partial charge in [0.1, 0.15) is 0 Å². The fourth-order valence-corrected chi connectivity index (χ4v) is 2.06. The van der Waals surface area contributed by atoms with Crippen molar-refractivity contribution < 1.29 is 9.59 Å². The van der Waals surface area contributed by atoms with Crippen molar-refractivity contribution >= 4 is 29.1 Å². The summed E-state index contributed by atoms with van der Waals surface area (Å²) in [5, 5.41) is 3.31. The SMILES string of the molecule is CN(C)C(=O)Cc1ccc(NC(=O)c2cccc(Cl)c2)cc1. The van der Waals surface area contributed by atoms with Gasteiger partial charge >= 0.3 is 0 Å². The molecule has 0 heterocycles. The van der Waals surface area contributed by atoms with Gasteiger partial charge in [0.15, 0.2) is 0 Å². The van der Waals surface area contributed by atoms with E-state index in [-0.39, 0.29) is 11.8 Å². The van der Waals surface area contributed by atoms with E-state index in [1.165, 1.54) is 0 Å². The van der Waals surface area contributed by atoms with E-state index in [0.717, 1.165) is 5.56 Å². The first-order valence-electron chi connectivity index (χ1n) is 6.82. The van der Waals surface area contributed by atoms with Crippen molar-refractivity contribution in [2.45, 2.75) is 6.42 Å². The fraction of sp³-hybridized carbons (Fsp3) is 0.176. The average molecular weight is 317 g/mol. The number of carbonyl (C=O) groups is 2. The molecule has 0 saturated heterocycles. The molecule has 0 aromatic heterocycles. The van der Waals surface area contributed by atoms with E-state index in [9.17, 15) is 9.59 Å². The van der Waals surface area contributed by atoms with E-state index in [1.807, 2.05) is 12.1 Å². The molecule has 0 aliphatic heterocycles. The maximum absolute atomic E-state index is 12.1. The molecular formula is C17H17ClN2O2. The molecule has 0 atom stereocenters. The smallest absolute Gasteiger partial charge is 0.255 e. The number of nitrogens with one attached hydrogen (secondary N) is 1. The van der Waals surface area contributed by atoms with E-state index in [0.29, 0.717) is 22.7 Å². The third kappa shape index (κ3) is 4.33. The van der Waals surface area contributed by atoms with Crippen molar-refractivity contribution in [3.05, 3.63) is 64.7 Å². The number of hydrogen-bond donors (Lipinski definition) is 1. The van der Waals surface area contributed by atoms with Crippen molar-refractivity contribution in [2.75, 3.05) is 19.4 Å². The maximum atomic E-state index is 12.1. The third-order valence-corrected chi connectivity index (χ3v) is 3.39. The first-order chi connectivity index (χ1) is 10.5. The largest absolute Gasteiger partial charge is 0.349 e. The number of halogens is 1. The normalized spacial score (nSPS) is 10.1. The summed E-state index contributed by atoms with van der Waals surface area (Å²) in [6.07, 6.45) is 0.343. The van der Waals surface area contributed by atoms with Gasteiger partial charge in [-0.25, -0.2) is 0 Å². The quantitative estimate of drug-likeness (QED) is 0.941. The zero-order valence-corrected chi connectivity index (χ0v) is 13.2. The molecule has 2 rings (SSSR count). The Morgan fingerprint density at radius 3 is 2.36 bits per heavy atom. The average Bonchev–Trinajstić information content (AvgIpc) is 2.49. The lowest BCUT2D eigenvalue weighted by Gasteiger charge is -2.10. The van der Waals surface area contributed by atoms with Gasteiger partial charge in [0.25, 0.3) is 5.91 Å². The monoisotopic (exact) mass is 316 g/mol. The van der Waals surface area contributed by atoms with Crippen LogP contribution in [0.2, 0.25) is 5.02 Å². The van der Waals surface area contributed by atoms with Crippen molar-refractivity contribution in [3.63, 3.8) is 0 Å². The maximum Gasteiger partial charge on any atom is 0.255 e. The lowest BCUT2D eigenvalue weighted by Crippen LogP contribution is -2.23. The highest BCUT2D eigenvalue weighted by Crippen LogP contribution is 2.15. The van der Waals surface area contributed by atoms with Crippen LogP contribution in [-0.4, -0.2) is 30.8 Å². The van der Waals surface area contributed by atoms with Gasteiger partial charge in [-0.15, -0.1) is 0 Å². The third-order valence-electron chi connectivity index (χ3n) is 3.15. The Balaban J connectivity index is 2.02. The first kappa shape index (κ1) is 16.0. The zero-order valence-electron chi connectivity index (χ0n) is 12.5. The van der Waals surface area contributed by atoms with Crippen LogP contribution >= 0.6 is 11.6 Å². The summed E-state index contributed by atoms with van der Waals surface area (Å²) in [7, 11) is 3.45. The van der Waals surface area contributed by atoms with Gasteiger partial charge < -0.3 is 10.2 Å². The number of benzene rings is 2. The second-order valence-corrected chi connectivity index (χ2v) is 5.56.